The smallest absolute Gasteiger partial charge is 0.251 e. The third-order valence-corrected chi connectivity index (χ3v) is 7.06. The Morgan fingerprint density at radius 3 is 2.29 bits per heavy atom. The number of sulfonamides is 1. The first-order valence-electron chi connectivity index (χ1n) is 10.2. The molecule has 28 heavy (non-hydrogen) atoms. The van der Waals surface area contributed by atoms with E-state index in [9.17, 15) is 13.2 Å². The Bertz CT molecular complexity index is 767. The lowest BCUT2D eigenvalue weighted by atomic mass is 9.86. The van der Waals surface area contributed by atoms with Gasteiger partial charge in [0, 0.05) is 29.9 Å². The highest BCUT2D eigenvalue weighted by molar-refractivity contribution is 7.90. The van der Waals surface area contributed by atoms with Crippen LogP contribution in [-0.4, -0.2) is 38.2 Å². The molecule has 1 saturated carbocycles. The molecule has 0 aromatic heterocycles. The first kappa shape index (κ1) is 22.7. The molecule has 1 amide bonds. The molecule has 1 aromatic carbocycles. The lowest BCUT2D eigenvalue weighted by Crippen LogP contribution is -2.41. The zero-order chi connectivity index (χ0) is 20.9. The van der Waals surface area contributed by atoms with Crippen molar-refractivity contribution in [2.45, 2.75) is 77.6 Å². The Balaban J connectivity index is 1.87. The van der Waals surface area contributed by atoms with Gasteiger partial charge in [0.2, 0.25) is 10.0 Å². The molecule has 0 saturated heterocycles. The van der Waals surface area contributed by atoms with Crippen molar-refractivity contribution >= 4 is 21.6 Å². The molecular formula is C21H35N3O3S. The van der Waals surface area contributed by atoms with Crippen LogP contribution in [0.1, 0.15) is 69.3 Å². The van der Waals surface area contributed by atoms with Gasteiger partial charge < -0.3 is 10.6 Å². The van der Waals surface area contributed by atoms with Gasteiger partial charge in [0.05, 0.1) is 5.25 Å². The average Bonchev–Trinajstić information content (AvgIpc) is 2.59. The molecule has 6 nitrogen and oxygen atoms in total. The summed E-state index contributed by atoms with van der Waals surface area (Å²) in [5, 5.41) is 6.00. The minimum Gasteiger partial charge on any atom is -0.385 e. The van der Waals surface area contributed by atoms with Crippen LogP contribution in [0.5, 0.6) is 0 Å². The fourth-order valence-electron chi connectivity index (χ4n) is 3.48. The molecule has 0 radical (unpaired) electrons. The van der Waals surface area contributed by atoms with E-state index in [1.807, 2.05) is 32.9 Å². The number of amides is 1. The lowest BCUT2D eigenvalue weighted by molar-refractivity contribution is 0.0943. The van der Waals surface area contributed by atoms with Gasteiger partial charge in [-0.1, -0.05) is 0 Å². The minimum atomic E-state index is -3.20. The summed E-state index contributed by atoms with van der Waals surface area (Å²) in [6.45, 7) is 10.1. The topological polar surface area (TPSA) is 87.3 Å². The van der Waals surface area contributed by atoms with Crippen molar-refractivity contribution in [3.05, 3.63) is 29.3 Å². The summed E-state index contributed by atoms with van der Waals surface area (Å²) >= 11 is 0. The summed E-state index contributed by atoms with van der Waals surface area (Å²) in [5.74, 6) is 0.452. The Hall–Kier alpha value is -1.60. The summed E-state index contributed by atoms with van der Waals surface area (Å²) in [6.07, 6.45) is 3.72. The van der Waals surface area contributed by atoms with E-state index in [4.69, 9.17) is 0 Å². The first-order valence-corrected chi connectivity index (χ1v) is 11.8. The van der Waals surface area contributed by atoms with Gasteiger partial charge in [0.1, 0.15) is 0 Å². The molecule has 2 rings (SSSR count). The molecule has 1 aliphatic rings. The predicted molar refractivity (Wildman–Crippen MR) is 115 cm³/mol. The molecule has 0 spiro atoms. The Morgan fingerprint density at radius 1 is 1.07 bits per heavy atom. The molecule has 0 unspecified atom stereocenters. The maximum absolute atomic E-state index is 12.3. The van der Waals surface area contributed by atoms with Crippen LogP contribution in [0.3, 0.4) is 0 Å². The summed E-state index contributed by atoms with van der Waals surface area (Å²) in [5.41, 5.74) is 2.67. The third-order valence-electron chi connectivity index (χ3n) is 5.15. The molecule has 158 valence electrons. The van der Waals surface area contributed by atoms with E-state index in [1.165, 1.54) is 0 Å². The number of hydrogen-bond acceptors (Lipinski definition) is 4. The second kappa shape index (κ2) is 9.74. The summed E-state index contributed by atoms with van der Waals surface area (Å²) < 4.78 is 26.9. The van der Waals surface area contributed by atoms with Crippen LogP contribution in [0.4, 0.5) is 5.69 Å². The van der Waals surface area contributed by atoms with E-state index < -0.39 is 15.3 Å². The van der Waals surface area contributed by atoms with E-state index in [0.717, 1.165) is 43.5 Å². The quantitative estimate of drug-likeness (QED) is 0.614. The van der Waals surface area contributed by atoms with Crippen LogP contribution in [0.25, 0.3) is 0 Å². The summed E-state index contributed by atoms with van der Waals surface area (Å²) in [4.78, 5) is 12.3. The highest BCUT2D eigenvalue weighted by Crippen LogP contribution is 2.26. The van der Waals surface area contributed by atoms with Gasteiger partial charge in [-0.15, -0.1) is 0 Å². The van der Waals surface area contributed by atoms with Gasteiger partial charge >= 0.3 is 0 Å². The summed E-state index contributed by atoms with van der Waals surface area (Å²) in [6, 6.07) is 6.00. The second-order valence-electron chi connectivity index (χ2n) is 8.53. The molecule has 3 N–H and O–H groups in total. The Kier molecular flexibility index (Phi) is 7.89. The standard InChI is InChI=1S/C21H35N3O3S/c1-14(2)23-21(25)18-10-16(5)11-20(12-18)22-13-17-6-8-19(9-7-17)24-28(26,27)15(3)4/h10-12,14-15,17,19,22,24H,6-9,13H2,1-5H3,(H,23,25). The predicted octanol–water partition coefficient (Wildman–Crippen LogP) is 3.43. The van der Waals surface area contributed by atoms with Crippen LogP contribution in [0, 0.1) is 12.8 Å². The van der Waals surface area contributed by atoms with Gasteiger partial charge in [-0.3, -0.25) is 4.79 Å². The van der Waals surface area contributed by atoms with Crippen LogP contribution in [-0.2, 0) is 10.0 Å². The number of rotatable bonds is 8. The van der Waals surface area contributed by atoms with Crippen molar-refractivity contribution in [3.63, 3.8) is 0 Å². The number of aryl methyl sites for hydroxylation is 1. The SMILES string of the molecule is Cc1cc(NCC2CCC(NS(=O)(=O)C(C)C)CC2)cc(C(=O)NC(C)C)c1. The highest BCUT2D eigenvalue weighted by atomic mass is 32.2. The van der Waals surface area contributed by atoms with Crippen molar-refractivity contribution in [1.29, 1.82) is 0 Å². The zero-order valence-corrected chi connectivity index (χ0v) is 18.5. The number of nitrogens with one attached hydrogen (secondary N) is 3. The van der Waals surface area contributed by atoms with E-state index in [2.05, 4.69) is 21.4 Å². The van der Waals surface area contributed by atoms with Crippen molar-refractivity contribution in [2.24, 2.45) is 5.92 Å². The van der Waals surface area contributed by atoms with Crippen LogP contribution >= 0.6 is 0 Å². The van der Waals surface area contributed by atoms with Crippen LogP contribution < -0.4 is 15.4 Å². The fraction of sp³-hybridized carbons (Fsp3) is 0.667. The van der Waals surface area contributed by atoms with Crippen LogP contribution in [0.2, 0.25) is 0 Å². The number of carbonyl (C=O) groups excluding carboxylic acids is 1. The molecule has 1 aliphatic carbocycles. The monoisotopic (exact) mass is 409 g/mol. The van der Waals surface area contributed by atoms with E-state index in [0.29, 0.717) is 11.5 Å². The molecule has 0 aliphatic heterocycles. The van der Waals surface area contributed by atoms with Gasteiger partial charge in [-0.05, 0) is 90.0 Å². The van der Waals surface area contributed by atoms with Gasteiger partial charge in [0.15, 0.2) is 0 Å². The number of carbonyl (C=O) groups is 1. The van der Waals surface area contributed by atoms with Crippen LogP contribution in [0.15, 0.2) is 18.2 Å². The Labute approximate surface area is 169 Å². The molecule has 1 fully saturated rings. The Morgan fingerprint density at radius 2 is 1.71 bits per heavy atom. The summed E-state index contributed by atoms with van der Waals surface area (Å²) in [7, 11) is -3.20. The first-order chi connectivity index (χ1) is 13.1. The van der Waals surface area contributed by atoms with E-state index in [-0.39, 0.29) is 18.0 Å². The number of hydrogen-bond donors (Lipinski definition) is 3. The molecule has 7 heteroatoms. The highest BCUT2D eigenvalue weighted by Gasteiger charge is 2.26. The second-order valence-corrected chi connectivity index (χ2v) is 10.8. The third kappa shape index (κ3) is 6.78. The maximum Gasteiger partial charge on any atom is 0.251 e. The lowest BCUT2D eigenvalue weighted by Gasteiger charge is -2.29. The fourth-order valence-corrected chi connectivity index (χ4v) is 4.45. The van der Waals surface area contributed by atoms with Gasteiger partial charge in [-0.25, -0.2) is 13.1 Å². The number of anilines is 1. The molecule has 0 atom stereocenters. The van der Waals surface area contributed by atoms with Crippen molar-refractivity contribution in [1.82, 2.24) is 10.0 Å². The normalized spacial score (nSPS) is 20.4. The molecule has 0 heterocycles. The largest absolute Gasteiger partial charge is 0.385 e. The van der Waals surface area contributed by atoms with Crippen molar-refractivity contribution in [3.8, 4) is 0 Å². The van der Waals surface area contributed by atoms with Gasteiger partial charge in [0.25, 0.3) is 5.91 Å². The molecular weight excluding hydrogens is 374 g/mol. The molecule has 1 aromatic rings. The zero-order valence-electron chi connectivity index (χ0n) is 17.7. The van der Waals surface area contributed by atoms with Crippen molar-refractivity contribution in [2.75, 3.05) is 11.9 Å². The average molecular weight is 410 g/mol. The van der Waals surface area contributed by atoms with E-state index >= 15 is 0 Å². The minimum absolute atomic E-state index is 0.0500. The van der Waals surface area contributed by atoms with E-state index in [1.54, 1.807) is 13.8 Å². The number of benzene rings is 1. The maximum atomic E-state index is 12.3. The molecule has 0 bridgehead atoms. The van der Waals surface area contributed by atoms with Gasteiger partial charge in [-0.2, -0.15) is 0 Å². The van der Waals surface area contributed by atoms with Crippen molar-refractivity contribution < 1.29 is 13.2 Å².